The third-order valence-electron chi connectivity index (χ3n) is 7.28. The molecule has 8 rings (SSSR count). The van der Waals surface area contributed by atoms with Gasteiger partial charge in [-0.15, -0.1) is 0 Å². The molecular weight excluding hydrogens is 452 g/mol. The smallest absolute Gasteiger partial charge is 0.161 e. The molecule has 0 saturated carbocycles. The summed E-state index contributed by atoms with van der Waals surface area (Å²) < 4.78 is 6.16. The van der Waals surface area contributed by atoms with Gasteiger partial charge in [-0.25, -0.2) is 9.97 Å². The average Bonchev–Trinajstić information content (AvgIpc) is 3.36. The zero-order chi connectivity index (χ0) is 24.3. The second-order valence-electron chi connectivity index (χ2n) is 9.38. The summed E-state index contributed by atoms with van der Waals surface area (Å²) in [6, 6.07) is 41.9. The molecule has 8 aromatic rings. The largest absolute Gasteiger partial charge is 0.456 e. The molecule has 0 amide bonds. The minimum absolute atomic E-state index is 0.723. The minimum Gasteiger partial charge on any atom is -0.456 e. The molecule has 6 aromatic carbocycles. The lowest BCUT2D eigenvalue weighted by Crippen LogP contribution is -1.96. The number of fused-ring (bicyclic) bond motifs is 8. The van der Waals surface area contributed by atoms with E-state index in [1.165, 1.54) is 5.39 Å². The Bertz CT molecular complexity index is 2140. The molecule has 0 unspecified atom stereocenters. The maximum absolute atomic E-state index is 6.16. The van der Waals surface area contributed by atoms with Gasteiger partial charge < -0.3 is 4.42 Å². The number of nitrogens with zero attached hydrogens (tertiary/aromatic N) is 2. The lowest BCUT2D eigenvalue weighted by atomic mass is 9.98. The Morgan fingerprint density at radius 2 is 1.22 bits per heavy atom. The van der Waals surface area contributed by atoms with E-state index < -0.39 is 0 Å². The first-order valence-corrected chi connectivity index (χ1v) is 12.4. The SMILES string of the molecule is c1ccc(-c2nc(-c3cccc4c3ccc3oc5ccccc5c34)nc3c2ccc2ccccc23)cc1. The minimum atomic E-state index is 0.723. The van der Waals surface area contributed by atoms with E-state index in [1.807, 2.05) is 18.2 Å². The third kappa shape index (κ3) is 3.01. The van der Waals surface area contributed by atoms with Gasteiger partial charge in [0.15, 0.2) is 5.82 Å². The van der Waals surface area contributed by atoms with Gasteiger partial charge in [-0.1, -0.05) is 97.1 Å². The predicted octanol–water partition coefficient (Wildman–Crippen LogP) is 9.17. The summed E-state index contributed by atoms with van der Waals surface area (Å²) in [4.78, 5) is 10.4. The highest BCUT2D eigenvalue weighted by Gasteiger charge is 2.17. The first-order chi connectivity index (χ1) is 18.3. The summed E-state index contributed by atoms with van der Waals surface area (Å²) in [6.45, 7) is 0. The summed E-state index contributed by atoms with van der Waals surface area (Å²) in [5.41, 5.74) is 5.79. The normalized spacial score (nSPS) is 11.8. The Morgan fingerprint density at radius 1 is 0.459 bits per heavy atom. The number of hydrogen-bond acceptors (Lipinski definition) is 3. The van der Waals surface area contributed by atoms with E-state index in [1.54, 1.807) is 0 Å². The van der Waals surface area contributed by atoms with Crippen molar-refractivity contribution in [2.75, 3.05) is 0 Å². The van der Waals surface area contributed by atoms with E-state index in [-0.39, 0.29) is 0 Å². The molecule has 3 nitrogen and oxygen atoms in total. The number of furan rings is 1. The van der Waals surface area contributed by atoms with Gasteiger partial charge in [0, 0.05) is 32.7 Å². The van der Waals surface area contributed by atoms with Crippen LogP contribution in [-0.2, 0) is 0 Å². The van der Waals surface area contributed by atoms with Crippen LogP contribution in [0, 0.1) is 0 Å². The van der Waals surface area contributed by atoms with Crippen LogP contribution >= 0.6 is 0 Å². The summed E-state index contributed by atoms with van der Waals surface area (Å²) in [5.74, 6) is 0.723. The molecule has 2 aromatic heterocycles. The topological polar surface area (TPSA) is 38.9 Å². The Hall–Kier alpha value is -5.02. The van der Waals surface area contributed by atoms with Crippen LogP contribution in [0.1, 0.15) is 0 Å². The van der Waals surface area contributed by atoms with E-state index in [2.05, 4.69) is 103 Å². The second kappa shape index (κ2) is 7.74. The molecule has 0 atom stereocenters. The molecule has 0 aliphatic heterocycles. The highest BCUT2D eigenvalue weighted by atomic mass is 16.3. The van der Waals surface area contributed by atoms with Crippen molar-refractivity contribution >= 4 is 54.4 Å². The fourth-order valence-corrected chi connectivity index (χ4v) is 5.58. The number of benzene rings is 6. The Balaban J connectivity index is 1.49. The number of aromatic nitrogens is 2. The fraction of sp³-hybridized carbons (Fsp3) is 0. The van der Waals surface area contributed by atoms with Crippen molar-refractivity contribution in [2.45, 2.75) is 0 Å². The predicted molar refractivity (Wildman–Crippen MR) is 153 cm³/mol. The van der Waals surface area contributed by atoms with Crippen LogP contribution in [0.5, 0.6) is 0 Å². The first kappa shape index (κ1) is 20.2. The van der Waals surface area contributed by atoms with E-state index in [0.717, 1.165) is 71.6 Å². The molecule has 172 valence electrons. The molecule has 0 spiro atoms. The maximum atomic E-state index is 6.16. The van der Waals surface area contributed by atoms with Crippen molar-refractivity contribution in [1.29, 1.82) is 0 Å². The highest BCUT2D eigenvalue weighted by Crippen LogP contribution is 2.39. The molecule has 0 saturated heterocycles. The van der Waals surface area contributed by atoms with Crippen LogP contribution in [0.15, 0.2) is 126 Å². The van der Waals surface area contributed by atoms with Crippen LogP contribution in [0.4, 0.5) is 0 Å². The molecule has 0 fully saturated rings. The zero-order valence-corrected chi connectivity index (χ0v) is 19.8. The molecule has 2 heterocycles. The van der Waals surface area contributed by atoms with Crippen molar-refractivity contribution in [3.8, 4) is 22.6 Å². The molecule has 0 aliphatic carbocycles. The van der Waals surface area contributed by atoms with Crippen molar-refractivity contribution in [3.63, 3.8) is 0 Å². The monoisotopic (exact) mass is 472 g/mol. The van der Waals surface area contributed by atoms with Gasteiger partial charge in [0.05, 0.1) is 11.2 Å². The Kier molecular flexibility index (Phi) is 4.23. The van der Waals surface area contributed by atoms with Crippen LogP contribution in [0.2, 0.25) is 0 Å². The van der Waals surface area contributed by atoms with E-state index >= 15 is 0 Å². The summed E-state index contributed by atoms with van der Waals surface area (Å²) >= 11 is 0. The Morgan fingerprint density at radius 3 is 2.14 bits per heavy atom. The second-order valence-corrected chi connectivity index (χ2v) is 9.38. The maximum Gasteiger partial charge on any atom is 0.161 e. The number of rotatable bonds is 2. The van der Waals surface area contributed by atoms with Crippen molar-refractivity contribution in [2.24, 2.45) is 0 Å². The van der Waals surface area contributed by atoms with Gasteiger partial charge >= 0.3 is 0 Å². The number of hydrogen-bond donors (Lipinski definition) is 0. The standard InChI is InChI=1S/C34H20N2O/c1-2-10-22(11-3-1)32-28-18-17-21-9-4-5-12-23(21)33(28)36-34(35-32)26-15-8-14-25-24(26)19-20-30-31(25)27-13-6-7-16-29(27)37-30/h1-20H. The molecule has 0 N–H and O–H groups in total. The summed E-state index contributed by atoms with van der Waals surface area (Å²) in [5, 5.41) is 7.85. The Labute approximate surface area is 212 Å². The fourth-order valence-electron chi connectivity index (χ4n) is 5.58. The third-order valence-corrected chi connectivity index (χ3v) is 7.28. The van der Waals surface area contributed by atoms with Crippen molar-refractivity contribution in [3.05, 3.63) is 121 Å². The average molecular weight is 473 g/mol. The molecule has 37 heavy (non-hydrogen) atoms. The van der Waals surface area contributed by atoms with Gasteiger partial charge in [-0.2, -0.15) is 0 Å². The van der Waals surface area contributed by atoms with Gasteiger partial charge in [-0.3, -0.25) is 0 Å². The van der Waals surface area contributed by atoms with Crippen LogP contribution in [0.3, 0.4) is 0 Å². The molecule has 3 heteroatoms. The molecule has 0 aliphatic rings. The quantitative estimate of drug-likeness (QED) is 0.235. The van der Waals surface area contributed by atoms with Crippen LogP contribution in [0.25, 0.3) is 77.0 Å². The van der Waals surface area contributed by atoms with Crippen LogP contribution in [-0.4, -0.2) is 9.97 Å². The lowest BCUT2D eigenvalue weighted by Gasteiger charge is -2.13. The number of para-hydroxylation sites is 1. The highest BCUT2D eigenvalue weighted by molar-refractivity contribution is 6.21. The lowest BCUT2D eigenvalue weighted by molar-refractivity contribution is 0.669. The van der Waals surface area contributed by atoms with E-state index in [0.29, 0.717) is 0 Å². The molecular formula is C34H20N2O. The van der Waals surface area contributed by atoms with Gasteiger partial charge in [0.2, 0.25) is 0 Å². The summed E-state index contributed by atoms with van der Waals surface area (Å²) in [6.07, 6.45) is 0. The van der Waals surface area contributed by atoms with E-state index in [4.69, 9.17) is 14.4 Å². The van der Waals surface area contributed by atoms with Crippen molar-refractivity contribution < 1.29 is 4.42 Å². The summed E-state index contributed by atoms with van der Waals surface area (Å²) in [7, 11) is 0. The van der Waals surface area contributed by atoms with Gasteiger partial charge in [-0.05, 0) is 40.4 Å². The molecule has 0 radical (unpaired) electrons. The molecule has 0 bridgehead atoms. The first-order valence-electron chi connectivity index (χ1n) is 12.4. The van der Waals surface area contributed by atoms with Crippen molar-refractivity contribution in [1.82, 2.24) is 9.97 Å². The van der Waals surface area contributed by atoms with Gasteiger partial charge in [0.1, 0.15) is 11.2 Å². The van der Waals surface area contributed by atoms with E-state index in [9.17, 15) is 0 Å². The zero-order valence-electron chi connectivity index (χ0n) is 19.8. The van der Waals surface area contributed by atoms with Gasteiger partial charge in [0.25, 0.3) is 0 Å². The van der Waals surface area contributed by atoms with Crippen LogP contribution < -0.4 is 0 Å².